The molecule has 1 aromatic carbocycles. The van der Waals surface area contributed by atoms with E-state index in [2.05, 4.69) is 20.8 Å². The molecule has 0 aliphatic carbocycles. The van der Waals surface area contributed by atoms with E-state index in [4.69, 9.17) is 10.5 Å². The average Bonchev–Trinajstić information content (AvgIpc) is 2.54. The minimum absolute atomic E-state index is 0.113. The first-order valence-electron chi connectivity index (χ1n) is 8.75. The van der Waals surface area contributed by atoms with Crippen molar-refractivity contribution >= 4 is 5.91 Å². The first kappa shape index (κ1) is 17.8. The Kier molecular flexibility index (Phi) is 6.46. The van der Waals surface area contributed by atoms with Crippen LogP contribution in [0.1, 0.15) is 50.4 Å². The number of nitrogens with zero attached hydrogens (tertiary/aromatic N) is 1. The Labute approximate surface area is 140 Å². The highest BCUT2D eigenvalue weighted by Gasteiger charge is 2.25. The van der Waals surface area contributed by atoms with Gasteiger partial charge in [0.15, 0.2) is 0 Å². The van der Waals surface area contributed by atoms with Crippen LogP contribution in [0.4, 0.5) is 0 Å². The van der Waals surface area contributed by atoms with Crippen LogP contribution in [0.2, 0.25) is 0 Å². The first-order valence-corrected chi connectivity index (χ1v) is 8.75. The number of carbonyl (C=O) groups is 1. The molecule has 23 heavy (non-hydrogen) atoms. The zero-order valence-corrected chi connectivity index (χ0v) is 14.6. The molecule has 4 heteroatoms. The summed E-state index contributed by atoms with van der Waals surface area (Å²) in [5, 5.41) is 0. The molecular weight excluding hydrogens is 288 g/mol. The fourth-order valence-corrected chi connectivity index (χ4v) is 2.92. The molecule has 1 aliphatic heterocycles. The second-order valence-corrected chi connectivity index (χ2v) is 7.04. The largest absolute Gasteiger partial charge is 0.494 e. The molecule has 1 saturated heterocycles. The summed E-state index contributed by atoms with van der Waals surface area (Å²) in [7, 11) is 0. The second-order valence-electron chi connectivity index (χ2n) is 7.04. The van der Waals surface area contributed by atoms with Crippen molar-refractivity contribution in [3.8, 4) is 5.75 Å². The number of benzene rings is 1. The number of amides is 1. The predicted molar refractivity (Wildman–Crippen MR) is 93.7 cm³/mol. The van der Waals surface area contributed by atoms with Crippen LogP contribution in [0.3, 0.4) is 0 Å². The molecule has 1 aromatic rings. The lowest BCUT2D eigenvalue weighted by atomic mass is 9.90. The summed E-state index contributed by atoms with van der Waals surface area (Å²) in [6, 6.07) is 7.73. The SMILES string of the molecule is CC(C)CCOc1ccc(C(=O)N2CCC(C(C)N)CC2)cc1. The van der Waals surface area contributed by atoms with Crippen LogP contribution < -0.4 is 10.5 Å². The van der Waals surface area contributed by atoms with Crippen molar-refractivity contribution in [3.05, 3.63) is 29.8 Å². The van der Waals surface area contributed by atoms with Gasteiger partial charge in [0, 0.05) is 24.7 Å². The molecule has 0 saturated carbocycles. The Bertz CT molecular complexity index is 489. The zero-order valence-electron chi connectivity index (χ0n) is 14.6. The van der Waals surface area contributed by atoms with Crippen molar-refractivity contribution < 1.29 is 9.53 Å². The maximum Gasteiger partial charge on any atom is 0.253 e. The number of hydrogen-bond donors (Lipinski definition) is 1. The van der Waals surface area contributed by atoms with Crippen molar-refractivity contribution in [1.29, 1.82) is 0 Å². The van der Waals surface area contributed by atoms with Crippen LogP contribution in [0.25, 0.3) is 0 Å². The molecule has 2 rings (SSSR count). The van der Waals surface area contributed by atoms with Gasteiger partial charge in [0.05, 0.1) is 6.61 Å². The number of ether oxygens (including phenoxy) is 1. The number of hydrogen-bond acceptors (Lipinski definition) is 3. The Morgan fingerprint density at radius 1 is 1.22 bits per heavy atom. The van der Waals surface area contributed by atoms with Crippen molar-refractivity contribution in [2.24, 2.45) is 17.6 Å². The Balaban J connectivity index is 1.86. The fourth-order valence-electron chi connectivity index (χ4n) is 2.92. The van der Waals surface area contributed by atoms with E-state index in [-0.39, 0.29) is 11.9 Å². The molecule has 128 valence electrons. The molecule has 1 aliphatic rings. The van der Waals surface area contributed by atoms with Crippen molar-refractivity contribution in [2.75, 3.05) is 19.7 Å². The smallest absolute Gasteiger partial charge is 0.253 e. The predicted octanol–water partition coefficient (Wildman–Crippen LogP) is 3.31. The van der Waals surface area contributed by atoms with Gasteiger partial charge >= 0.3 is 0 Å². The van der Waals surface area contributed by atoms with E-state index in [1.165, 1.54) is 0 Å². The van der Waals surface area contributed by atoms with E-state index in [0.29, 0.717) is 11.8 Å². The molecule has 4 nitrogen and oxygen atoms in total. The lowest BCUT2D eigenvalue weighted by Gasteiger charge is -2.33. The standard InChI is InChI=1S/C19H30N2O2/c1-14(2)10-13-23-18-6-4-17(5-7-18)19(22)21-11-8-16(9-12-21)15(3)20/h4-7,14-16H,8-13,20H2,1-3H3. The van der Waals surface area contributed by atoms with Crippen LogP contribution in [0.5, 0.6) is 5.75 Å². The number of rotatable bonds is 6. The molecule has 1 amide bonds. The molecule has 1 atom stereocenters. The maximum absolute atomic E-state index is 12.5. The summed E-state index contributed by atoms with van der Waals surface area (Å²) in [5.74, 6) is 2.12. The van der Waals surface area contributed by atoms with Gasteiger partial charge < -0.3 is 15.4 Å². The third-order valence-corrected chi connectivity index (χ3v) is 4.64. The van der Waals surface area contributed by atoms with Crippen LogP contribution in [0, 0.1) is 11.8 Å². The summed E-state index contributed by atoms with van der Waals surface area (Å²) in [5.41, 5.74) is 6.69. The highest BCUT2D eigenvalue weighted by molar-refractivity contribution is 5.94. The van der Waals surface area contributed by atoms with E-state index in [1.807, 2.05) is 29.2 Å². The van der Waals surface area contributed by atoms with E-state index < -0.39 is 0 Å². The molecule has 0 bridgehead atoms. The lowest BCUT2D eigenvalue weighted by molar-refractivity contribution is 0.0681. The van der Waals surface area contributed by atoms with Crippen LogP contribution in [-0.2, 0) is 0 Å². The third kappa shape index (κ3) is 5.24. The maximum atomic E-state index is 12.5. The first-order chi connectivity index (χ1) is 11.0. The van der Waals surface area contributed by atoms with Gasteiger partial charge in [-0.3, -0.25) is 4.79 Å². The highest BCUT2D eigenvalue weighted by Crippen LogP contribution is 2.22. The average molecular weight is 318 g/mol. The number of likely N-dealkylation sites (tertiary alicyclic amines) is 1. The second kappa shape index (κ2) is 8.34. The molecule has 0 aromatic heterocycles. The molecule has 2 N–H and O–H groups in total. The quantitative estimate of drug-likeness (QED) is 0.875. The van der Waals surface area contributed by atoms with Crippen LogP contribution in [-0.4, -0.2) is 36.5 Å². The number of piperidine rings is 1. The van der Waals surface area contributed by atoms with Gasteiger partial charge in [-0.05, 0) is 62.3 Å². The molecule has 1 unspecified atom stereocenters. The van der Waals surface area contributed by atoms with Gasteiger partial charge in [-0.25, -0.2) is 0 Å². The minimum atomic E-state index is 0.113. The topological polar surface area (TPSA) is 55.6 Å². The van der Waals surface area contributed by atoms with E-state index in [9.17, 15) is 4.79 Å². The van der Waals surface area contributed by atoms with Gasteiger partial charge in [-0.1, -0.05) is 13.8 Å². The van der Waals surface area contributed by atoms with Gasteiger partial charge in [-0.15, -0.1) is 0 Å². The molecule has 0 spiro atoms. The molecule has 1 fully saturated rings. The van der Waals surface area contributed by atoms with E-state index in [1.54, 1.807) is 0 Å². The Morgan fingerprint density at radius 2 is 1.83 bits per heavy atom. The third-order valence-electron chi connectivity index (χ3n) is 4.64. The van der Waals surface area contributed by atoms with Gasteiger partial charge in [-0.2, -0.15) is 0 Å². The van der Waals surface area contributed by atoms with Crippen LogP contribution in [0.15, 0.2) is 24.3 Å². The zero-order chi connectivity index (χ0) is 16.8. The fraction of sp³-hybridized carbons (Fsp3) is 0.632. The number of carbonyl (C=O) groups excluding carboxylic acids is 1. The highest BCUT2D eigenvalue weighted by atomic mass is 16.5. The summed E-state index contributed by atoms with van der Waals surface area (Å²) in [6.45, 7) is 8.74. The summed E-state index contributed by atoms with van der Waals surface area (Å²) < 4.78 is 5.70. The van der Waals surface area contributed by atoms with E-state index >= 15 is 0 Å². The Morgan fingerprint density at radius 3 is 2.35 bits per heavy atom. The summed E-state index contributed by atoms with van der Waals surface area (Å²) in [6.07, 6.45) is 3.04. The van der Waals surface area contributed by atoms with Crippen molar-refractivity contribution in [2.45, 2.75) is 46.1 Å². The van der Waals surface area contributed by atoms with Crippen LogP contribution >= 0.6 is 0 Å². The summed E-state index contributed by atoms with van der Waals surface area (Å²) in [4.78, 5) is 14.5. The number of nitrogens with two attached hydrogens (primary N) is 1. The molecule has 0 radical (unpaired) electrons. The Hall–Kier alpha value is -1.55. The van der Waals surface area contributed by atoms with Gasteiger partial charge in [0.1, 0.15) is 5.75 Å². The van der Waals surface area contributed by atoms with E-state index in [0.717, 1.165) is 50.3 Å². The molecule has 1 heterocycles. The van der Waals surface area contributed by atoms with Gasteiger partial charge in [0.2, 0.25) is 0 Å². The normalized spacial score (nSPS) is 17.3. The lowest BCUT2D eigenvalue weighted by Crippen LogP contribution is -2.42. The van der Waals surface area contributed by atoms with Gasteiger partial charge in [0.25, 0.3) is 5.91 Å². The minimum Gasteiger partial charge on any atom is -0.494 e. The van der Waals surface area contributed by atoms with Crippen molar-refractivity contribution in [1.82, 2.24) is 4.90 Å². The summed E-state index contributed by atoms with van der Waals surface area (Å²) >= 11 is 0. The monoisotopic (exact) mass is 318 g/mol. The molecular formula is C19H30N2O2. The van der Waals surface area contributed by atoms with Crippen molar-refractivity contribution in [3.63, 3.8) is 0 Å².